The van der Waals surface area contributed by atoms with Crippen molar-refractivity contribution in [2.75, 3.05) is 10.3 Å². The molecule has 4 aliphatic rings. The van der Waals surface area contributed by atoms with E-state index in [4.69, 9.17) is 27.9 Å². The van der Waals surface area contributed by atoms with E-state index < -0.39 is 69.5 Å². The smallest absolute Gasteiger partial charge is 0.417 e. The Balaban J connectivity index is 1.19. The molecule has 4 aromatic carbocycles. The molecule has 2 saturated heterocycles. The van der Waals surface area contributed by atoms with Crippen LogP contribution in [0, 0.1) is 23.7 Å². The second-order valence-electron chi connectivity index (χ2n) is 15.9. The number of rotatable bonds is 9. The van der Waals surface area contributed by atoms with Crippen molar-refractivity contribution < 1.29 is 42.2 Å². The number of benzene rings is 4. The number of hydrazine groups is 1. The Labute approximate surface area is 363 Å². The number of aromatic nitrogens is 1. The summed E-state index contributed by atoms with van der Waals surface area (Å²) in [5, 5.41) is 12.6. The van der Waals surface area contributed by atoms with Crippen molar-refractivity contribution in [1.82, 2.24) is 9.99 Å². The van der Waals surface area contributed by atoms with Crippen LogP contribution in [0.5, 0.6) is 11.5 Å². The number of hydrogen-bond donors (Lipinski definition) is 2. The van der Waals surface area contributed by atoms with Crippen molar-refractivity contribution in [3.63, 3.8) is 0 Å². The minimum atomic E-state index is -4.77. The van der Waals surface area contributed by atoms with Crippen LogP contribution in [-0.4, -0.2) is 38.7 Å². The summed E-state index contributed by atoms with van der Waals surface area (Å²) in [6.45, 7) is 2.19. The highest BCUT2D eigenvalue weighted by molar-refractivity contribution is 6.33. The molecule has 2 aliphatic carbocycles. The minimum absolute atomic E-state index is 0.0796. The number of hydrogen-bond acceptors (Lipinski definition) is 8. The van der Waals surface area contributed by atoms with Crippen LogP contribution in [0.25, 0.3) is 0 Å². The number of pyridine rings is 1. The first kappa shape index (κ1) is 41.2. The molecule has 2 N–H and O–H groups in total. The number of carbonyl (C=O) groups is 4. The number of allylic oxidation sites excluding steroid dienone is 2. The second kappa shape index (κ2) is 15.6. The summed E-state index contributed by atoms with van der Waals surface area (Å²) in [7, 11) is 0. The van der Waals surface area contributed by atoms with E-state index in [0.29, 0.717) is 44.9 Å². The van der Waals surface area contributed by atoms with Gasteiger partial charge in [0, 0.05) is 28.8 Å². The number of aryl methyl sites for hydroxylation is 1. The Bertz CT molecular complexity index is 2660. The zero-order chi connectivity index (χ0) is 43.7. The molecule has 0 spiro atoms. The first-order chi connectivity index (χ1) is 29.7. The van der Waals surface area contributed by atoms with Gasteiger partial charge in [0.15, 0.2) is 5.82 Å². The maximum absolute atomic E-state index is 15.5. The van der Waals surface area contributed by atoms with E-state index in [1.807, 2.05) is 55.5 Å². The summed E-state index contributed by atoms with van der Waals surface area (Å²) in [6, 6.07) is 28.3. The Hall–Kier alpha value is -6.18. The van der Waals surface area contributed by atoms with Crippen molar-refractivity contribution in [2.45, 2.75) is 50.3 Å². The number of phenols is 1. The van der Waals surface area contributed by atoms with E-state index in [1.54, 1.807) is 48.5 Å². The lowest BCUT2D eigenvalue weighted by molar-refractivity contribution is -0.139. The number of aromatic hydroxyl groups is 1. The van der Waals surface area contributed by atoms with Crippen molar-refractivity contribution in [1.29, 1.82) is 0 Å². The number of amides is 4. The summed E-state index contributed by atoms with van der Waals surface area (Å²) in [6.07, 6.45) is -1.57. The molecule has 3 heterocycles. The van der Waals surface area contributed by atoms with Crippen LogP contribution in [0.1, 0.15) is 53.5 Å². The third-order valence-corrected chi connectivity index (χ3v) is 13.3. The van der Waals surface area contributed by atoms with Crippen molar-refractivity contribution in [3.8, 4) is 11.5 Å². The summed E-state index contributed by atoms with van der Waals surface area (Å²) >= 11 is 12.7. The SMILES string of the molecule is CCc1ccc(N2C(=O)[C@H]3[C@H](CC=C4[C@H]3C[C@H]3C(=O)N(Nc5ncc(C(F)(F)F)cc5Cl)C(=O)[C@@]3(c3ccc(Cl)cc3)[C@H]4c3ccc(OCc4ccccc4)cc3O)C2=O)cc1. The first-order valence-electron chi connectivity index (χ1n) is 20.0. The van der Waals surface area contributed by atoms with Gasteiger partial charge in [0.25, 0.3) is 11.8 Å². The molecule has 2 aliphatic heterocycles. The topological polar surface area (TPSA) is 129 Å². The molecule has 62 heavy (non-hydrogen) atoms. The van der Waals surface area contributed by atoms with Crippen molar-refractivity contribution in [3.05, 3.63) is 159 Å². The average molecular weight is 882 g/mol. The third-order valence-electron chi connectivity index (χ3n) is 12.7. The average Bonchev–Trinajstić information content (AvgIpc) is 3.64. The lowest BCUT2D eigenvalue weighted by Gasteiger charge is -2.50. The molecule has 6 atom stereocenters. The molecule has 316 valence electrons. The molecule has 4 amide bonds. The van der Waals surface area contributed by atoms with Gasteiger partial charge in [-0.15, -0.1) is 0 Å². The number of anilines is 2. The normalized spacial score (nSPS) is 24.4. The van der Waals surface area contributed by atoms with Gasteiger partial charge < -0.3 is 9.84 Å². The highest BCUT2D eigenvalue weighted by Gasteiger charge is 2.70. The standard InChI is InChI=1S/C47H37Cl2F3N4O6/c1-2-25-8-14-30(15-9-25)55-42(58)34-19-18-32-35(39(34)44(55)60)22-36-43(59)56(54-41-37(49)20-28(23-53-41)47(50,51)52)45(61)46(36,27-10-12-29(48)13-11-27)40(32)33-17-16-31(21-38(33)57)62-24-26-6-4-3-5-7-26/h3-18,20-21,23,34-36,39-40,57H,2,19,22,24H2,1H3,(H,53,54)/t34-,35+,36-,39-,40+,46+/m0/s1. The molecule has 9 rings (SSSR count). The van der Waals surface area contributed by atoms with Crippen LogP contribution in [0.15, 0.2) is 121 Å². The van der Waals surface area contributed by atoms with E-state index in [1.165, 1.54) is 11.0 Å². The lowest BCUT2D eigenvalue weighted by Crippen LogP contribution is -2.53. The first-order valence-corrected chi connectivity index (χ1v) is 20.8. The molecule has 3 fully saturated rings. The Morgan fingerprint density at radius 3 is 2.26 bits per heavy atom. The monoisotopic (exact) mass is 880 g/mol. The van der Waals surface area contributed by atoms with Crippen LogP contribution in [-0.2, 0) is 43.8 Å². The molecule has 5 aromatic rings. The summed E-state index contributed by atoms with van der Waals surface area (Å²) in [5.74, 6) is -7.59. The van der Waals surface area contributed by atoms with Gasteiger partial charge in [-0.2, -0.15) is 18.2 Å². The van der Waals surface area contributed by atoms with Gasteiger partial charge >= 0.3 is 6.18 Å². The van der Waals surface area contributed by atoms with Gasteiger partial charge in [-0.1, -0.05) is 102 Å². The molecular formula is C47H37Cl2F3N4O6. The van der Waals surface area contributed by atoms with E-state index in [2.05, 4.69) is 10.4 Å². The van der Waals surface area contributed by atoms with Crippen LogP contribution >= 0.6 is 23.2 Å². The van der Waals surface area contributed by atoms with Crippen LogP contribution in [0.3, 0.4) is 0 Å². The Kier molecular flexibility index (Phi) is 10.4. The van der Waals surface area contributed by atoms with Gasteiger partial charge in [-0.3, -0.25) is 29.5 Å². The molecule has 1 saturated carbocycles. The maximum Gasteiger partial charge on any atom is 0.417 e. The lowest BCUT2D eigenvalue weighted by atomic mass is 9.49. The Morgan fingerprint density at radius 1 is 0.871 bits per heavy atom. The predicted molar refractivity (Wildman–Crippen MR) is 224 cm³/mol. The number of imide groups is 2. The van der Waals surface area contributed by atoms with Gasteiger partial charge in [0.05, 0.1) is 39.4 Å². The molecule has 1 aromatic heterocycles. The molecule has 10 nitrogen and oxygen atoms in total. The zero-order valence-corrected chi connectivity index (χ0v) is 34.4. The van der Waals surface area contributed by atoms with E-state index in [9.17, 15) is 27.9 Å². The number of alkyl halides is 3. The minimum Gasteiger partial charge on any atom is -0.508 e. The van der Waals surface area contributed by atoms with Crippen LogP contribution in [0.2, 0.25) is 10.0 Å². The number of fused-ring (bicyclic) bond motifs is 4. The van der Waals surface area contributed by atoms with Crippen LogP contribution < -0.4 is 15.1 Å². The summed E-state index contributed by atoms with van der Waals surface area (Å²) < 4.78 is 46.8. The third kappa shape index (κ3) is 6.69. The number of ether oxygens (including phenoxy) is 1. The maximum atomic E-state index is 15.5. The van der Waals surface area contributed by atoms with E-state index in [-0.39, 0.29) is 42.5 Å². The van der Waals surface area contributed by atoms with E-state index >= 15 is 9.59 Å². The number of carbonyl (C=O) groups excluding carboxylic acids is 4. The van der Waals surface area contributed by atoms with Crippen molar-refractivity contribution >= 4 is 58.3 Å². The van der Waals surface area contributed by atoms with Gasteiger partial charge in [0.1, 0.15) is 18.1 Å². The fourth-order valence-corrected chi connectivity index (χ4v) is 10.2. The van der Waals surface area contributed by atoms with Gasteiger partial charge in [-0.05, 0) is 78.3 Å². The molecule has 0 unspecified atom stereocenters. The molecular weight excluding hydrogens is 844 g/mol. The summed E-state index contributed by atoms with van der Waals surface area (Å²) in [4.78, 5) is 64.5. The highest BCUT2D eigenvalue weighted by Crippen LogP contribution is 2.65. The van der Waals surface area contributed by atoms with Gasteiger partial charge in [-0.25, -0.2) is 4.98 Å². The molecule has 15 heteroatoms. The zero-order valence-electron chi connectivity index (χ0n) is 32.9. The summed E-state index contributed by atoms with van der Waals surface area (Å²) in [5.41, 5.74) is 3.14. The second-order valence-corrected chi connectivity index (χ2v) is 16.8. The highest BCUT2D eigenvalue weighted by atomic mass is 35.5. The van der Waals surface area contributed by atoms with Crippen molar-refractivity contribution in [2.24, 2.45) is 23.7 Å². The van der Waals surface area contributed by atoms with E-state index in [0.717, 1.165) is 17.5 Å². The van der Waals surface area contributed by atoms with Gasteiger partial charge in [0.2, 0.25) is 11.8 Å². The Morgan fingerprint density at radius 2 is 1.60 bits per heavy atom. The quantitative estimate of drug-likeness (QED) is 0.111. The largest absolute Gasteiger partial charge is 0.508 e. The molecule has 0 bridgehead atoms. The number of nitrogens with zero attached hydrogens (tertiary/aromatic N) is 3. The fraction of sp³-hybridized carbons (Fsp3) is 0.255. The number of phenolic OH excluding ortho intramolecular Hbond substituents is 1. The molecule has 0 radical (unpaired) electrons. The number of halogens is 5. The van der Waals surface area contributed by atoms with Crippen LogP contribution in [0.4, 0.5) is 24.7 Å². The fourth-order valence-electron chi connectivity index (χ4n) is 9.86. The number of nitrogens with one attached hydrogen (secondary N) is 1. The predicted octanol–water partition coefficient (Wildman–Crippen LogP) is 9.44.